The normalized spacial score (nSPS) is 10.7. The second kappa shape index (κ2) is 6.26. The molecule has 3 aromatic rings. The SMILES string of the molecule is CCn1nccc1CNc1cccc(Cn2cccn2)c1. The zero-order valence-electron chi connectivity index (χ0n) is 12.1. The van der Waals surface area contributed by atoms with Crippen LogP contribution in [0.2, 0.25) is 0 Å². The Labute approximate surface area is 124 Å². The van der Waals surface area contributed by atoms with Crippen molar-refractivity contribution in [3.8, 4) is 0 Å². The molecule has 1 N–H and O–H groups in total. The predicted octanol–water partition coefficient (Wildman–Crippen LogP) is 2.76. The van der Waals surface area contributed by atoms with Gasteiger partial charge in [-0.25, -0.2) is 0 Å². The molecule has 0 saturated heterocycles. The van der Waals surface area contributed by atoms with Crippen LogP contribution in [0.3, 0.4) is 0 Å². The molecular formula is C16H19N5. The molecule has 0 saturated carbocycles. The van der Waals surface area contributed by atoms with Crippen molar-refractivity contribution in [2.45, 2.75) is 26.6 Å². The number of aromatic nitrogens is 4. The van der Waals surface area contributed by atoms with Gasteiger partial charge in [-0.05, 0) is 36.8 Å². The third-order valence-corrected chi connectivity index (χ3v) is 3.41. The first kappa shape index (κ1) is 13.4. The Balaban J connectivity index is 1.66. The van der Waals surface area contributed by atoms with Crippen LogP contribution in [0.25, 0.3) is 0 Å². The van der Waals surface area contributed by atoms with E-state index in [0.717, 1.165) is 25.3 Å². The summed E-state index contributed by atoms with van der Waals surface area (Å²) in [6, 6.07) is 12.4. The van der Waals surface area contributed by atoms with Gasteiger partial charge in [-0.1, -0.05) is 12.1 Å². The maximum atomic E-state index is 4.28. The van der Waals surface area contributed by atoms with Gasteiger partial charge in [0.1, 0.15) is 0 Å². The summed E-state index contributed by atoms with van der Waals surface area (Å²) in [6.45, 7) is 4.55. The molecule has 0 amide bonds. The molecule has 0 radical (unpaired) electrons. The van der Waals surface area contributed by atoms with E-state index in [0.29, 0.717) is 0 Å². The van der Waals surface area contributed by atoms with Gasteiger partial charge in [-0.3, -0.25) is 9.36 Å². The summed E-state index contributed by atoms with van der Waals surface area (Å²) in [7, 11) is 0. The van der Waals surface area contributed by atoms with Gasteiger partial charge in [0.25, 0.3) is 0 Å². The second-order valence-electron chi connectivity index (χ2n) is 4.90. The van der Waals surface area contributed by atoms with Crippen molar-refractivity contribution in [1.82, 2.24) is 19.6 Å². The molecule has 0 aliphatic heterocycles. The number of aryl methyl sites for hydroxylation is 1. The van der Waals surface area contributed by atoms with Crippen LogP contribution in [0.15, 0.2) is 55.0 Å². The van der Waals surface area contributed by atoms with Gasteiger partial charge in [0.2, 0.25) is 0 Å². The molecule has 3 rings (SSSR count). The van der Waals surface area contributed by atoms with Crippen LogP contribution < -0.4 is 5.32 Å². The lowest BCUT2D eigenvalue weighted by Gasteiger charge is -2.10. The van der Waals surface area contributed by atoms with Gasteiger partial charge in [0.15, 0.2) is 0 Å². The number of anilines is 1. The maximum Gasteiger partial charge on any atom is 0.0660 e. The Hall–Kier alpha value is -2.56. The Morgan fingerprint density at radius 1 is 1.10 bits per heavy atom. The number of benzene rings is 1. The van der Waals surface area contributed by atoms with Crippen molar-refractivity contribution in [3.05, 3.63) is 66.2 Å². The van der Waals surface area contributed by atoms with Crippen LogP contribution in [-0.4, -0.2) is 19.6 Å². The first-order chi connectivity index (χ1) is 10.3. The number of hydrogen-bond donors (Lipinski definition) is 1. The molecule has 0 aliphatic rings. The van der Waals surface area contributed by atoms with Crippen molar-refractivity contribution in [2.24, 2.45) is 0 Å². The Bertz CT molecular complexity index is 684. The average Bonchev–Trinajstić information content (AvgIpc) is 3.16. The minimum Gasteiger partial charge on any atom is -0.379 e. The molecule has 0 bridgehead atoms. The molecule has 0 atom stereocenters. The van der Waals surface area contributed by atoms with Gasteiger partial charge >= 0.3 is 0 Å². The molecule has 5 nitrogen and oxygen atoms in total. The monoisotopic (exact) mass is 281 g/mol. The Morgan fingerprint density at radius 2 is 2.05 bits per heavy atom. The highest BCUT2D eigenvalue weighted by molar-refractivity contribution is 5.46. The van der Waals surface area contributed by atoms with Crippen LogP contribution in [0.1, 0.15) is 18.2 Å². The van der Waals surface area contributed by atoms with Gasteiger partial charge in [-0.15, -0.1) is 0 Å². The lowest BCUT2D eigenvalue weighted by Crippen LogP contribution is -2.08. The molecule has 5 heteroatoms. The van der Waals surface area contributed by atoms with Crippen LogP contribution >= 0.6 is 0 Å². The van der Waals surface area contributed by atoms with Gasteiger partial charge in [0.05, 0.1) is 18.8 Å². The van der Waals surface area contributed by atoms with Crippen LogP contribution in [-0.2, 0) is 19.6 Å². The van der Waals surface area contributed by atoms with Crippen molar-refractivity contribution in [3.63, 3.8) is 0 Å². The summed E-state index contributed by atoms with van der Waals surface area (Å²) < 4.78 is 3.92. The third kappa shape index (κ3) is 3.31. The van der Waals surface area contributed by atoms with E-state index in [1.165, 1.54) is 11.3 Å². The van der Waals surface area contributed by atoms with Gasteiger partial charge < -0.3 is 5.32 Å². The van der Waals surface area contributed by atoms with Crippen molar-refractivity contribution < 1.29 is 0 Å². The van der Waals surface area contributed by atoms with E-state index in [9.17, 15) is 0 Å². The maximum absolute atomic E-state index is 4.28. The topological polar surface area (TPSA) is 47.7 Å². The molecule has 0 aliphatic carbocycles. The molecule has 0 spiro atoms. The van der Waals surface area contributed by atoms with Gasteiger partial charge in [-0.2, -0.15) is 10.2 Å². The number of rotatable bonds is 6. The van der Waals surface area contributed by atoms with E-state index in [1.807, 2.05) is 33.9 Å². The fourth-order valence-electron chi connectivity index (χ4n) is 2.35. The molecule has 0 unspecified atom stereocenters. The highest BCUT2D eigenvalue weighted by Gasteiger charge is 2.01. The average molecular weight is 281 g/mol. The van der Waals surface area contributed by atoms with E-state index in [4.69, 9.17) is 0 Å². The van der Waals surface area contributed by atoms with E-state index in [2.05, 4.69) is 46.7 Å². The summed E-state index contributed by atoms with van der Waals surface area (Å²) in [6.07, 6.45) is 5.61. The van der Waals surface area contributed by atoms with Crippen LogP contribution in [0.4, 0.5) is 5.69 Å². The van der Waals surface area contributed by atoms with Crippen LogP contribution in [0, 0.1) is 0 Å². The fourth-order valence-corrected chi connectivity index (χ4v) is 2.35. The lowest BCUT2D eigenvalue weighted by molar-refractivity contribution is 0.627. The van der Waals surface area contributed by atoms with E-state index in [-0.39, 0.29) is 0 Å². The third-order valence-electron chi connectivity index (χ3n) is 3.41. The fraction of sp³-hybridized carbons (Fsp3) is 0.250. The molecule has 1 aromatic carbocycles. The Kier molecular flexibility index (Phi) is 4.00. The number of nitrogens with zero attached hydrogens (tertiary/aromatic N) is 4. The second-order valence-corrected chi connectivity index (χ2v) is 4.90. The smallest absolute Gasteiger partial charge is 0.0660 e. The minimum atomic E-state index is 0.777. The molecular weight excluding hydrogens is 262 g/mol. The number of hydrogen-bond acceptors (Lipinski definition) is 3. The zero-order valence-corrected chi connectivity index (χ0v) is 12.1. The van der Waals surface area contributed by atoms with E-state index < -0.39 is 0 Å². The first-order valence-corrected chi connectivity index (χ1v) is 7.16. The van der Waals surface area contributed by atoms with E-state index in [1.54, 1.807) is 6.20 Å². The lowest BCUT2D eigenvalue weighted by atomic mass is 10.2. The number of nitrogens with one attached hydrogen (secondary N) is 1. The molecule has 2 aromatic heterocycles. The first-order valence-electron chi connectivity index (χ1n) is 7.16. The largest absolute Gasteiger partial charge is 0.379 e. The minimum absolute atomic E-state index is 0.777. The summed E-state index contributed by atoms with van der Waals surface area (Å²) in [5, 5.41) is 12.0. The zero-order chi connectivity index (χ0) is 14.5. The summed E-state index contributed by atoms with van der Waals surface area (Å²) in [5.74, 6) is 0. The molecule has 21 heavy (non-hydrogen) atoms. The quantitative estimate of drug-likeness (QED) is 0.756. The van der Waals surface area contributed by atoms with Crippen LogP contribution in [0.5, 0.6) is 0 Å². The van der Waals surface area contributed by atoms with Crippen molar-refractivity contribution in [1.29, 1.82) is 0 Å². The highest BCUT2D eigenvalue weighted by Crippen LogP contribution is 2.13. The molecule has 108 valence electrons. The summed E-state index contributed by atoms with van der Waals surface area (Å²) >= 11 is 0. The van der Waals surface area contributed by atoms with Crippen molar-refractivity contribution >= 4 is 5.69 Å². The summed E-state index contributed by atoms with van der Waals surface area (Å²) in [5.41, 5.74) is 3.53. The Morgan fingerprint density at radius 3 is 2.86 bits per heavy atom. The van der Waals surface area contributed by atoms with E-state index >= 15 is 0 Å². The molecule has 0 fully saturated rings. The molecule has 2 heterocycles. The van der Waals surface area contributed by atoms with Crippen molar-refractivity contribution in [2.75, 3.05) is 5.32 Å². The predicted molar refractivity (Wildman–Crippen MR) is 83.0 cm³/mol. The highest BCUT2D eigenvalue weighted by atomic mass is 15.3. The summed E-state index contributed by atoms with van der Waals surface area (Å²) in [4.78, 5) is 0. The van der Waals surface area contributed by atoms with Gasteiger partial charge in [0, 0.05) is 30.8 Å². The standard InChI is InChI=1S/C16H19N5/c1-2-21-16(7-9-19-21)12-17-15-6-3-5-14(11-15)13-20-10-4-8-18-20/h3-11,17H,2,12-13H2,1H3.